The molecule has 0 bridgehead atoms. The lowest BCUT2D eigenvalue weighted by Gasteiger charge is -2.08. The number of nitrogens with zero attached hydrogens (tertiary/aromatic N) is 1. The third-order valence-electron chi connectivity index (χ3n) is 2.29. The highest BCUT2D eigenvalue weighted by molar-refractivity contribution is 7.27. The lowest BCUT2D eigenvalue weighted by molar-refractivity contribution is 0.145. The number of carboxylic acid groups (broad SMARTS) is 1. The van der Waals surface area contributed by atoms with Crippen LogP contribution in [-0.2, 0) is 13.1 Å². The van der Waals surface area contributed by atoms with Gasteiger partial charge in [0.2, 0.25) is 0 Å². The Morgan fingerprint density at radius 3 is 2.85 bits per heavy atom. The smallest absolute Gasteiger partial charge is 0.407 e. The van der Waals surface area contributed by atoms with Gasteiger partial charge in [0.1, 0.15) is 0 Å². The molecule has 3 nitrogen and oxygen atoms in total. The SMILES string of the molecule is O=C(O)N1Cc2cccc(P)c2C1. The Balaban J connectivity index is 2.35. The van der Waals surface area contributed by atoms with Gasteiger partial charge in [-0.25, -0.2) is 4.79 Å². The molecular weight excluding hydrogens is 185 g/mol. The van der Waals surface area contributed by atoms with E-state index in [9.17, 15) is 4.79 Å². The molecule has 68 valence electrons. The standard InChI is InChI=1S/C9H10NO2P/c11-9(12)10-4-6-2-1-3-8(13)7(6)5-10/h1-3H,4-5,13H2,(H,11,12). The van der Waals surface area contributed by atoms with Crippen LogP contribution in [0.15, 0.2) is 18.2 Å². The van der Waals surface area contributed by atoms with Crippen LogP contribution in [0.4, 0.5) is 4.79 Å². The first-order valence-electron chi connectivity index (χ1n) is 4.02. The largest absolute Gasteiger partial charge is 0.465 e. The van der Waals surface area contributed by atoms with Gasteiger partial charge < -0.3 is 5.11 Å². The van der Waals surface area contributed by atoms with Crippen molar-refractivity contribution in [3.8, 4) is 0 Å². The van der Waals surface area contributed by atoms with Crippen LogP contribution in [-0.4, -0.2) is 16.1 Å². The molecule has 13 heavy (non-hydrogen) atoms. The van der Waals surface area contributed by atoms with E-state index in [1.807, 2.05) is 18.2 Å². The molecule has 1 amide bonds. The van der Waals surface area contributed by atoms with Gasteiger partial charge >= 0.3 is 6.09 Å². The highest BCUT2D eigenvalue weighted by Crippen LogP contribution is 2.21. The van der Waals surface area contributed by atoms with Gasteiger partial charge in [-0.05, 0) is 16.4 Å². The zero-order valence-corrected chi connectivity index (χ0v) is 8.18. The van der Waals surface area contributed by atoms with Gasteiger partial charge in [0.05, 0.1) is 6.54 Å². The fourth-order valence-electron chi connectivity index (χ4n) is 1.58. The minimum absolute atomic E-state index is 0.518. The molecule has 2 rings (SSSR count). The summed E-state index contributed by atoms with van der Waals surface area (Å²) in [5.74, 6) is 0. The summed E-state index contributed by atoms with van der Waals surface area (Å²) in [6.07, 6.45) is -0.847. The van der Waals surface area contributed by atoms with Gasteiger partial charge in [0.15, 0.2) is 0 Å². The molecule has 1 unspecified atom stereocenters. The van der Waals surface area contributed by atoms with Crippen molar-refractivity contribution in [2.24, 2.45) is 0 Å². The van der Waals surface area contributed by atoms with E-state index in [1.165, 1.54) is 4.90 Å². The van der Waals surface area contributed by atoms with Crippen LogP contribution < -0.4 is 5.30 Å². The van der Waals surface area contributed by atoms with Crippen molar-refractivity contribution in [1.82, 2.24) is 4.90 Å². The summed E-state index contributed by atoms with van der Waals surface area (Å²) in [5.41, 5.74) is 2.25. The minimum Gasteiger partial charge on any atom is -0.465 e. The summed E-state index contributed by atoms with van der Waals surface area (Å²) in [5, 5.41) is 9.89. The molecule has 0 radical (unpaired) electrons. The maximum absolute atomic E-state index is 10.7. The third-order valence-corrected chi connectivity index (χ3v) is 2.83. The molecule has 1 aromatic rings. The van der Waals surface area contributed by atoms with Crippen molar-refractivity contribution in [3.05, 3.63) is 29.3 Å². The van der Waals surface area contributed by atoms with Crippen LogP contribution in [0.2, 0.25) is 0 Å². The van der Waals surface area contributed by atoms with E-state index in [-0.39, 0.29) is 0 Å². The lowest BCUT2D eigenvalue weighted by atomic mass is 10.1. The van der Waals surface area contributed by atoms with Crippen molar-refractivity contribution in [2.75, 3.05) is 0 Å². The fraction of sp³-hybridized carbons (Fsp3) is 0.222. The fourth-order valence-corrected chi connectivity index (χ4v) is 1.97. The van der Waals surface area contributed by atoms with Gasteiger partial charge in [-0.3, -0.25) is 4.90 Å². The molecule has 1 N–H and O–H groups in total. The summed E-state index contributed by atoms with van der Waals surface area (Å²) < 4.78 is 0. The second-order valence-corrected chi connectivity index (χ2v) is 3.75. The zero-order valence-electron chi connectivity index (χ0n) is 7.03. The monoisotopic (exact) mass is 195 g/mol. The Labute approximate surface area is 78.6 Å². The number of carbonyl (C=O) groups is 1. The molecule has 0 spiro atoms. The average molecular weight is 195 g/mol. The van der Waals surface area contributed by atoms with Crippen LogP contribution in [0.1, 0.15) is 11.1 Å². The van der Waals surface area contributed by atoms with E-state index in [2.05, 4.69) is 9.24 Å². The van der Waals surface area contributed by atoms with E-state index in [4.69, 9.17) is 5.11 Å². The molecule has 1 aromatic carbocycles. The van der Waals surface area contributed by atoms with Crippen LogP contribution in [0.3, 0.4) is 0 Å². The van der Waals surface area contributed by atoms with Crippen molar-refractivity contribution in [1.29, 1.82) is 0 Å². The summed E-state index contributed by atoms with van der Waals surface area (Å²) in [4.78, 5) is 12.1. The molecule has 0 saturated carbocycles. The number of amides is 1. The van der Waals surface area contributed by atoms with Crippen molar-refractivity contribution < 1.29 is 9.90 Å². The second kappa shape index (κ2) is 3.00. The average Bonchev–Trinajstić information content (AvgIpc) is 2.49. The Hall–Kier alpha value is -1.08. The normalized spacial score (nSPS) is 14.4. The number of hydrogen-bond acceptors (Lipinski definition) is 1. The van der Waals surface area contributed by atoms with Crippen LogP contribution in [0.25, 0.3) is 0 Å². The van der Waals surface area contributed by atoms with Gasteiger partial charge in [0.25, 0.3) is 0 Å². The van der Waals surface area contributed by atoms with E-state index in [0.29, 0.717) is 13.1 Å². The zero-order chi connectivity index (χ0) is 9.42. The number of fused-ring (bicyclic) bond motifs is 1. The van der Waals surface area contributed by atoms with Crippen LogP contribution in [0, 0.1) is 0 Å². The molecule has 0 aromatic heterocycles. The summed E-state index contributed by atoms with van der Waals surface area (Å²) in [7, 11) is 2.63. The Kier molecular flexibility index (Phi) is 1.97. The number of rotatable bonds is 0. The topological polar surface area (TPSA) is 40.5 Å². The highest BCUT2D eigenvalue weighted by atomic mass is 31.0. The predicted octanol–water partition coefficient (Wildman–Crippen LogP) is 1.18. The molecule has 4 heteroatoms. The number of hydrogen-bond donors (Lipinski definition) is 1. The van der Waals surface area contributed by atoms with Crippen LogP contribution in [0.5, 0.6) is 0 Å². The van der Waals surface area contributed by atoms with Crippen LogP contribution >= 0.6 is 9.24 Å². The predicted molar refractivity (Wildman–Crippen MR) is 53.1 cm³/mol. The van der Waals surface area contributed by atoms with Gasteiger partial charge in [-0.2, -0.15) is 0 Å². The molecule has 1 atom stereocenters. The first-order chi connectivity index (χ1) is 6.18. The van der Waals surface area contributed by atoms with E-state index < -0.39 is 6.09 Å². The van der Waals surface area contributed by atoms with Gasteiger partial charge in [0, 0.05) is 6.54 Å². The Morgan fingerprint density at radius 2 is 2.23 bits per heavy atom. The highest BCUT2D eigenvalue weighted by Gasteiger charge is 2.23. The van der Waals surface area contributed by atoms with E-state index >= 15 is 0 Å². The maximum atomic E-state index is 10.7. The first-order valence-corrected chi connectivity index (χ1v) is 4.60. The van der Waals surface area contributed by atoms with Gasteiger partial charge in [-0.1, -0.05) is 18.2 Å². The second-order valence-electron chi connectivity index (χ2n) is 3.12. The summed E-state index contributed by atoms with van der Waals surface area (Å²) >= 11 is 0. The first kappa shape index (κ1) is 8.52. The van der Waals surface area contributed by atoms with Crippen molar-refractivity contribution in [3.63, 3.8) is 0 Å². The van der Waals surface area contributed by atoms with E-state index in [1.54, 1.807) is 0 Å². The molecule has 1 aliphatic heterocycles. The molecular formula is C9H10NO2P. The molecule has 0 aliphatic carbocycles. The molecule has 1 aliphatic rings. The molecule has 0 saturated heterocycles. The minimum atomic E-state index is -0.847. The Bertz CT molecular complexity index is 365. The molecule has 1 heterocycles. The quantitative estimate of drug-likeness (QED) is 0.631. The summed E-state index contributed by atoms with van der Waals surface area (Å²) in [6, 6.07) is 5.91. The van der Waals surface area contributed by atoms with Crippen molar-refractivity contribution >= 4 is 20.6 Å². The number of benzene rings is 1. The van der Waals surface area contributed by atoms with Crippen molar-refractivity contribution in [2.45, 2.75) is 13.1 Å². The third kappa shape index (κ3) is 1.40. The maximum Gasteiger partial charge on any atom is 0.407 e. The van der Waals surface area contributed by atoms with E-state index in [0.717, 1.165) is 16.4 Å². The molecule has 0 fully saturated rings. The lowest BCUT2D eigenvalue weighted by Crippen LogP contribution is -2.23. The summed E-state index contributed by atoms with van der Waals surface area (Å²) in [6.45, 7) is 1.04. The van der Waals surface area contributed by atoms with Gasteiger partial charge in [-0.15, -0.1) is 9.24 Å². The Morgan fingerprint density at radius 1 is 1.46 bits per heavy atom.